The molecular formula is C27H32F6N4O3S. The maximum atomic E-state index is 13.3. The first kappa shape index (κ1) is 31.1. The minimum absolute atomic E-state index is 0.00220. The normalized spacial score (nSPS) is 17.6. The Morgan fingerprint density at radius 3 is 2.07 bits per heavy atom. The molecule has 0 aliphatic carbocycles. The standard InChI is InChI=1S/C27H32F6N4O3S/c28-26(29,30)19-3-5-20(6-4-19)35-16-14-34(15-17-35)11-1-2-25(41)36-12-9-21(10-13-36)40-22-7-8-24(37(38)39)23(18-22)27(31,32)33/h3-8,18,21,38-39H,1-2,9-17H2. The Balaban J connectivity index is 1.16. The highest BCUT2D eigenvalue weighted by Crippen LogP contribution is 2.38. The molecule has 0 amide bonds. The Bertz CT molecular complexity index is 1160. The van der Waals surface area contributed by atoms with Gasteiger partial charge in [0.05, 0.1) is 16.1 Å². The van der Waals surface area contributed by atoms with Crippen LogP contribution in [0.4, 0.5) is 37.7 Å². The van der Waals surface area contributed by atoms with Crippen LogP contribution in [0.3, 0.4) is 0 Å². The number of halogens is 6. The van der Waals surface area contributed by atoms with Crippen molar-refractivity contribution in [3.8, 4) is 5.75 Å². The van der Waals surface area contributed by atoms with Crippen molar-refractivity contribution in [1.29, 1.82) is 0 Å². The van der Waals surface area contributed by atoms with Crippen LogP contribution in [0.1, 0.15) is 36.8 Å². The van der Waals surface area contributed by atoms with Crippen LogP contribution in [0.5, 0.6) is 5.75 Å². The molecule has 2 fully saturated rings. The summed E-state index contributed by atoms with van der Waals surface area (Å²) in [7, 11) is 0. The summed E-state index contributed by atoms with van der Waals surface area (Å²) < 4.78 is 84.1. The number of hydrogen-bond donors (Lipinski definition) is 2. The van der Waals surface area contributed by atoms with E-state index in [2.05, 4.69) is 14.7 Å². The van der Waals surface area contributed by atoms with E-state index in [1.165, 1.54) is 18.2 Å². The lowest BCUT2D eigenvalue weighted by molar-refractivity contribution is -0.139. The molecule has 0 spiro atoms. The summed E-state index contributed by atoms with van der Waals surface area (Å²) in [6.45, 7) is 5.19. The van der Waals surface area contributed by atoms with Gasteiger partial charge in [-0.15, -0.1) is 5.23 Å². The molecule has 0 saturated carbocycles. The maximum Gasteiger partial charge on any atom is 0.418 e. The molecule has 2 aromatic carbocycles. The summed E-state index contributed by atoms with van der Waals surface area (Å²) in [6.07, 6.45) is -6.65. The van der Waals surface area contributed by atoms with E-state index >= 15 is 0 Å². The molecule has 0 bridgehead atoms. The number of thiocarbonyl (C=S) groups is 1. The molecule has 2 N–H and O–H groups in total. The summed E-state index contributed by atoms with van der Waals surface area (Å²) in [5.74, 6) is 0.00220. The molecule has 2 aromatic rings. The van der Waals surface area contributed by atoms with E-state index < -0.39 is 34.4 Å². The SMILES string of the molecule is ON(O)c1ccc(OC2CCN(C(=S)CCCN3CCN(c4ccc(C(F)(F)F)cc4)CC3)CC2)cc1C(F)(F)F. The number of likely N-dealkylation sites (tertiary alicyclic amines) is 1. The molecular weight excluding hydrogens is 574 g/mol. The number of nitrogens with zero attached hydrogens (tertiary/aromatic N) is 4. The van der Waals surface area contributed by atoms with Crippen molar-refractivity contribution in [2.24, 2.45) is 0 Å². The molecule has 2 saturated heterocycles. The second-order valence-corrected chi connectivity index (χ2v) is 10.6. The van der Waals surface area contributed by atoms with Gasteiger partial charge in [-0.05, 0) is 61.9 Å². The second kappa shape index (κ2) is 13.0. The zero-order chi connectivity index (χ0) is 29.8. The van der Waals surface area contributed by atoms with Gasteiger partial charge in [-0.2, -0.15) is 26.3 Å². The average Bonchev–Trinajstić information content (AvgIpc) is 2.93. The fourth-order valence-corrected chi connectivity index (χ4v) is 5.44. The van der Waals surface area contributed by atoms with Crippen molar-refractivity contribution in [2.75, 3.05) is 55.9 Å². The van der Waals surface area contributed by atoms with Gasteiger partial charge in [0.2, 0.25) is 0 Å². The summed E-state index contributed by atoms with van der Waals surface area (Å²) in [4.78, 5) is 7.33. The molecule has 41 heavy (non-hydrogen) atoms. The van der Waals surface area contributed by atoms with E-state index in [9.17, 15) is 26.3 Å². The number of piperazine rings is 1. The number of benzene rings is 2. The summed E-state index contributed by atoms with van der Waals surface area (Å²) in [5.41, 5.74) is -1.86. The molecule has 14 heteroatoms. The Labute approximate surface area is 239 Å². The zero-order valence-corrected chi connectivity index (χ0v) is 23.0. The predicted molar refractivity (Wildman–Crippen MR) is 145 cm³/mol. The highest BCUT2D eigenvalue weighted by molar-refractivity contribution is 7.80. The lowest BCUT2D eigenvalue weighted by Crippen LogP contribution is -2.47. The van der Waals surface area contributed by atoms with Crippen LogP contribution in [-0.4, -0.2) is 77.1 Å². The van der Waals surface area contributed by atoms with Crippen LogP contribution in [0.25, 0.3) is 0 Å². The van der Waals surface area contributed by atoms with Gasteiger partial charge in [-0.3, -0.25) is 15.3 Å². The van der Waals surface area contributed by atoms with Gasteiger partial charge in [-0.25, -0.2) is 0 Å². The monoisotopic (exact) mass is 606 g/mol. The quantitative estimate of drug-likeness (QED) is 0.213. The molecule has 226 valence electrons. The van der Waals surface area contributed by atoms with Crippen molar-refractivity contribution in [2.45, 2.75) is 44.1 Å². The van der Waals surface area contributed by atoms with Gasteiger partial charge in [0, 0.05) is 57.8 Å². The Hall–Kier alpha value is -2.81. The van der Waals surface area contributed by atoms with Gasteiger partial charge >= 0.3 is 12.4 Å². The lowest BCUT2D eigenvalue weighted by Gasteiger charge is -2.37. The Morgan fingerprint density at radius 1 is 0.878 bits per heavy atom. The van der Waals surface area contributed by atoms with E-state index in [-0.39, 0.29) is 11.9 Å². The number of alkyl halides is 6. The lowest BCUT2D eigenvalue weighted by atomic mass is 10.1. The Kier molecular flexibility index (Phi) is 9.88. The van der Waals surface area contributed by atoms with Gasteiger partial charge in [0.25, 0.3) is 0 Å². The largest absolute Gasteiger partial charge is 0.490 e. The molecule has 0 radical (unpaired) electrons. The second-order valence-electron chi connectivity index (χ2n) is 10.1. The molecule has 0 aromatic heterocycles. The first-order chi connectivity index (χ1) is 19.3. The molecule has 2 aliphatic rings. The third kappa shape index (κ3) is 8.37. The van der Waals surface area contributed by atoms with Crippen LogP contribution in [0.2, 0.25) is 0 Å². The van der Waals surface area contributed by atoms with Crippen molar-refractivity contribution in [3.63, 3.8) is 0 Å². The fraction of sp³-hybridized carbons (Fsp3) is 0.519. The molecule has 4 rings (SSSR count). The summed E-state index contributed by atoms with van der Waals surface area (Å²) in [6, 6.07) is 8.22. The van der Waals surface area contributed by atoms with Crippen LogP contribution in [0.15, 0.2) is 42.5 Å². The minimum atomic E-state index is -4.78. The van der Waals surface area contributed by atoms with Crippen molar-refractivity contribution in [3.05, 3.63) is 53.6 Å². The molecule has 0 atom stereocenters. The minimum Gasteiger partial charge on any atom is -0.490 e. The Morgan fingerprint density at radius 2 is 1.51 bits per heavy atom. The van der Waals surface area contributed by atoms with Gasteiger partial charge in [-0.1, -0.05) is 12.2 Å². The first-order valence-electron chi connectivity index (χ1n) is 13.3. The fourth-order valence-electron chi connectivity index (χ4n) is 5.11. The van der Waals surface area contributed by atoms with Crippen molar-refractivity contribution >= 4 is 28.6 Å². The van der Waals surface area contributed by atoms with E-state index in [4.69, 9.17) is 27.4 Å². The first-order valence-corrected chi connectivity index (χ1v) is 13.7. The zero-order valence-electron chi connectivity index (χ0n) is 22.2. The van der Waals surface area contributed by atoms with Crippen molar-refractivity contribution < 1.29 is 41.5 Å². The van der Waals surface area contributed by atoms with Gasteiger partial charge in [0.15, 0.2) is 0 Å². The maximum absolute atomic E-state index is 13.3. The van der Waals surface area contributed by atoms with E-state index in [0.29, 0.717) is 25.9 Å². The third-order valence-corrected chi connectivity index (χ3v) is 7.85. The smallest absolute Gasteiger partial charge is 0.418 e. The molecule has 0 unspecified atom stereocenters. The van der Waals surface area contributed by atoms with E-state index in [0.717, 1.165) is 80.5 Å². The molecule has 7 nitrogen and oxygen atoms in total. The van der Waals surface area contributed by atoms with Gasteiger partial charge in [0.1, 0.15) is 17.5 Å². The number of piperidine rings is 1. The summed E-state index contributed by atoms with van der Waals surface area (Å²) in [5, 5.41) is 17.6. The highest BCUT2D eigenvalue weighted by atomic mass is 32.1. The number of rotatable bonds is 8. The van der Waals surface area contributed by atoms with E-state index in [1.54, 1.807) is 0 Å². The third-order valence-electron chi connectivity index (χ3n) is 7.38. The molecule has 2 aliphatic heterocycles. The number of anilines is 2. The van der Waals surface area contributed by atoms with Gasteiger partial charge < -0.3 is 14.5 Å². The van der Waals surface area contributed by atoms with Crippen molar-refractivity contribution in [1.82, 2.24) is 9.80 Å². The summed E-state index contributed by atoms with van der Waals surface area (Å²) >= 11 is 5.63. The van der Waals surface area contributed by atoms with Crippen LogP contribution in [0, 0.1) is 0 Å². The van der Waals surface area contributed by atoms with E-state index in [1.807, 2.05) is 0 Å². The van der Waals surface area contributed by atoms with Crippen LogP contribution < -0.4 is 14.9 Å². The molecule has 2 heterocycles. The highest BCUT2D eigenvalue weighted by Gasteiger charge is 2.36. The number of ether oxygens (including phenoxy) is 1. The predicted octanol–water partition coefficient (Wildman–Crippen LogP) is 6.08. The average molecular weight is 607 g/mol. The van der Waals surface area contributed by atoms with Crippen LogP contribution in [-0.2, 0) is 12.4 Å². The van der Waals surface area contributed by atoms with Crippen LogP contribution >= 0.6 is 12.2 Å². The topological polar surface area (TPSA) is 62.7 Å². The number of hydrogen-bond acceptors (Lipinski definition) is 7.